The molecule has 2 aromatic rings. The summed E-state index contributed by atoms with van der Waals surface area (Å²) in [5, 5.41) is 0.731. The second-order valence-electron chi connectivity index (χ2n) is 4.74. The standard InChI is InChI=1S/C16H17ClO/c1-10-7-12(3)16(13(4)8-10)18-14-6-5-11(2)15(17)9-14/h5-9H,1-4H3. The number of rotatable bonds is 2. The van der Waals surface area contributed by atoms with Crippen molar-refractivity contribution in [1.82, 2.24) is 0 Å². The van der Waals surface area contributed by atoms with Crippen molar-refractivity contribution < 1.29 is 4.74 Å². The molecule has 0 atom stereocenters. The molecule has 0 aliphatic rings. The Bertz CT molecular complexity index is 565. The number of halogens is 1. The molecular formula is C16H17ClO. The minimum atomic E-state index is 0.731. The van der Waals surface area contributed by atoms with Gasteiger partial charge in [-0.05, 0) is 56.5 Å². The normalized spacial score (nSPS) is 10.5. The Labute approximate surface area is 113 Å². The van der Waals surface area contributed by atoms with Crippen LogP contribution in [0.5, 0.6) is 11.5 Å². The molecule has 2 heteroatoms. The maximum Gasteiger partial charge on any atom is 0.133 e. The lowest BCUT2D eigenvalue weighted by molar-refractivity contribution is 0.475. The van der Waals surface area contributed by atoms with Gasteiger partial charge in [0.15, 0.2) is 0 Å². The molecule has 0 heterocycles. The van der Waals surface area contributed by atoms with Gasteiger partial charge >= 0.3 is 0 Å². The fourth-order valence-corrected chi connectivity index (χ4v) is 2.25. The van der Waals surface area contributed by atoms with Gasteiger partial charge < -0.3 is 4.74 Å². The average molecular weight is 261 g/mol. The molecular weight excluding hydrogens is 244 g/mol. The van der Waals surface area contributed by atoms with Crippen molar-refractivity contribution in [3.05, 3.63) is 57.6 Å². The SMILES string of the molecule is Cc1cc(C)c(Oc2ccc(C)c(Cl)c2)c(C)c1. The van der Waals surface area contributed by atoms with Crippen molar-refractivity contribution >= 4 is 11.6 Å². The van der Waals surface area contributed by atoms with Crippen LogP contribution in [0.1, 0.15) is 22.3 Å². The minimum absolute atomic E-state index is 0.731. The van der Waals surface area contributed by atoms with E-state index in [0.717, 1.165) is 33.2 Å². The van der Waals surface area contributed by atoms with Crippen LogP contribution in [0.4, 0.5) is 0 Å². The molecule has 0 bridgehead atoms. The van der Waals surface area contributed by atoms with Crippen LogP contribution in [0.15, 0.2) is 30.3 Å². The van der Waals surface area contributed by atoms with E-state index < -0.39 is 0 Å². The van der Waals surface area contributed by atoms with E-state index in [-0.39, 0.29) is 0 Å². The summed E-state index contributed by atoms with van der Waals surface area (Å²) in [6.45, 7) is 8.19. The van der Waals surface area contributed by atoms with E-state index in [1.165, 1.54) is 5.56 Å². The summed E-state index contributed by atoms with van der Waals surface area (Å²) < 4.78 is 5.95. The lowest BCUT2D eigenvalue weighted by atomic mass is 10.1. The fraction of sp³-hybridized carbons (Fsp3) is 0.250. The minimum Gasteiger partial charge on any atom is -0.457 e. The van der Waals surface area contributed by atoms with Crippen LogP contribution in [0.2, 0.25) is 5.02 Å². The van der Waals surface area contributed by atoms with Crippen LogP contribution in [0, 0.1) is 27.7 Å². The first-order valence-electron chi connectivity index (χ1n) is 5.99. The zero-order chi connectivity index (χ0) is 13.3. The summed E-state index contributed by atoms with van der Waals surface area (Å²) in [4.78, 5) is 0. The predicted molar refractivity (Wildman–Crippen MR) is 76.9 cm³/mol. The summed E-state index contributed by atoms with van der Waals surface area (Å²) in [5.41, 5.74) is 4.59. The van der Waals surface area contributed by atoms with Crippen molar-refractivity contribution in [2.45, 2.75) is 27.7 Å². The molecule has 0 aliphatic carbocycles. The first kappa shape index (κ1) is 13.0. The van der Waals surface area contributed by atoms with Crippen molar-refractivity contribution in [2.75, 3.05) is 0 Å². The van der Waals surface area contributed by atoms with E-state index in [2.05, 4.69) is 32.9 Å². The van der Waals surface area contributed by atoms with Crippen LogP contribution in [0.3, 0.4) is 0 Å². The molecule has 2 rings (SSSR count). The summed E-state index contributed by atoms with van der Waals surface area (Å²) in [7, 11) is 0. The van der Waals surface area contributed by atoms with Crippen LogP contribution in [-0.4, -0.2) is 0 Å². The third-order valence-electron chi connectivity index (χ3n) is 2.97. The van der Waals surface area contributed by atoms with Gasteiger partial charge in [0.25, 0.3) is 0 Å². The molecule has 0 aliphatic heterocycles. The Morgan fingerprint density at radius 3 is 2.00 bits per heavy atom. The van der Waals surface area contributed by atoms with Gasteiger partial charge in [-0.25, -0.2) is 0 Å². The second kappa shape index (κ2) is 5.03. The highest BCUT2D eigenvalue weighted by Crippen LogP contribution is 2.31. The molecule has 0 fully saturated rings. The lowest BCUT2D eigenvalue weighted by Gasteiger charge is -2.13. The molecule has 94 valence electrons. The number of hydrogen-bond donors (Lipinski definition) is 0. The average Bonchev–Trinajstić information content (AvgIpc) is 2.28. The third kappa shape index (κ3) is 2.68. The Kier molecular flexibility index (Phi) is 3.63. The van der Waals surface area contributed by atoms with Gasteiger partial charge in [0.2, 0.25) is 0 Å². The molecule has 0 amide bonds. The number of ether oxygens (including phenoxy) is 1. The molecule has 2 aromatic carbocycles. The molecule has 1 nitrogen and oxygen atoms in total. The molecule has 0 unspecified atom stereocenters. The summed E-state index contributed by atoms with van der Waals surface area (Å²) in [5.74, 6) is 1.70. The predicted octanol–water partition coefficient (Wildman–Crippen LogP) is 5.37. The highest BCUT2D eigenvalue weighted by Gasteiger charge is 2.07. The summed E-state index contributed by atoms with van der Waals surface area (Å²) in [6.07, 6.45) is 0. The molecule has 0 saturated heterocycles. The van der Waals surface area contributed by atoms with Gasteiger partial charge in [0.05, 0.1) is 0 Å². The Morgan fingerprint density at radius 2 is 1.44 bits per heavy atom. The van der Waals surface area contributed by atoms with E-state index in [9.17, 15) is 0 Å². The quantitative estimate of drug-likeness (QED) is 0.706. The molecule has 0 aromatic heterocycles. The highest BCUT2D eigenvalue weighted by molar-refractivity contribution is 6.31. The highest BCUT2D eigenvalue weighted by atomic mass is 35.5. The second-order valence-corrected chi connectivity index (χ2v) is 5.15. The largest absolute Gasteiger partial charge is 0.457 e. The fourth-order valence-electron chi connectivity index (χ4n) is 2.08. The van der Waals surface area contributed by atoms with Gasteiger partial charge in [-0.3, -0.25) is 0 Å². The van der Waals surface area contributed by atoms with Crippen LogP contribution >= 0.6 is 11.6 Å². The number of aryl methyl sites for hydroxylation is 4. The Hall–Kier alpha value is -1.47. The molecule has 0 saturated carbocycles. The summed E-state index contributed by atoms with van der Waals surface area (Å²) >= 11 is 6.10. The summed E-state index contributed by atoms with van der Waals surface area (Å²) in [6, 6.07) is 10.0. The molecule has 0 N–H and O–H groups in total. The first-order chi connectivity index (χ1) is 8.47. The Morgan fingerprint density at radius 1 is 0.833 bits per heavy atom. The van der Waals surface area contributed by atoms with E-state index in [4.69, 9.17) is 16.3 Å². The molecule has 0 radical (unpaired) electrons. The van der Waals surface area contributed by atoms with Crippen molar-refractivity contribution in [1.29, 1.82) is 0 Å². The third-order valence-corrected chi connectivity index (χ3v) is 3.38. The van der Waals surface area contributed by atoms with Crippen LogP contribution in [-0.2, 0) is 0 Å². The maximum absolute atomic E-state index is 6.10. The van der Waals surface area contributed by atoms with Crippen molar-refractivity contribution in [3.8, 4) is 11.5 Å². The van der Waals surface area contributed by atoms with Gasteiger partial charge in [0, 0.05) is 5.02 Å². The zero-order valence-corrected chi connectivity index (χ0v) is 11.9. The zero-order valence-electron chi connectivity index (χ0n) is 11.2. The number of benzene rings is 2. The molecule has 18 heavy (non-hydrogen) atoms. The monoisotopic (exact) mass is 260 g/mol. The van der Waals surface area contributed by atoms with Crippen molar-refractivity contribution in [3.63, 3.8) is 0 Å². The molecule has 0 spiro atoms. The number of hydrogen-bond acceptors (Lipinski definition) is 1. The smallest absolute Gasteiger partial charge is 0.133 e. The van der Waals surface area contributed by atoms with E-state index >= 15 is 0 Å². The van der Waals surface area contributed by atoms with E-state index in [1.807, 2.05) is 25.1 Å². The van der Waals surface area contributed by atoms with E-state index in [0.29, 0.717) is 0 Å². The topological polar surface area (TPSA) is 9.23 Å². The van der Waals surface area contributed by atoms with Crippen LogP contribution in [0.25, 0.3) is 0 Å². The maximum atomic E-state index is 6.10. The van der Waals surface area contributed by atoms with Crippen LogP contribution < -0.4 is 4.74 Å². The first-order valence-corrected chi connectivity index (χ1v) is 6.37. The van der Waals surface area contributed by atoms with Gasteiger partial charge in [-0.1, -0.05) is 35.4 Å². The van der Waals surface area contributed by atoms with Gasteiger partial charge in [-0.15, -0.1) is 0 Å². The van der Waals surface area contributed by atoms with Crippen molar-refractivity contribution in [2.24, 2.45) is 0 Å². The van der Waals surface area contributed by atoms with E-state index in [1.54, 1.807) is 0 Å². The lowest BCUT2D eigenvalue weighted by Crippen LogP contribution is -1.92. The van der Waals surface area contributed by atoms with Gasteiger partial charge in [0.1, 0.15) is 11.5 Å². The van der Waals surface area contributed by atoms with Gasteiger partial charge in [-0.2, -0.15) is 0 Å². The Balaban J connectivity index is 2.37.